The van der Waals surface area contributed by atoms with E-state index in [2.05, 4.69) is 20.4 Å². The van der Waals surface area contributed by atoms with E-state index in [1.165, 1.54) is 127 Å². The quantitative estimate of drug-likeness (QED) is 0.0464. The van der Waals surface area contributed by atoms with E-state index in [9.17, 15) is 14.4 Å². The Kier molecular flexibility index (Phi) is 29.7. The SMILES string of the molecule is C=CC(=O)N(CCOC(=O)CCCCCCCCCCCCC)CCOC(=O)CCCCCCCCCCCCC. The number of nitrogens with zero attached hydrogens (tertiary/aromatic N) is 1. The van der Waals surface area contributed by atoms with Crippen LogP contribution in [-0.2, 0) is 23.9 Å². The lowest BCUT2D eigenvalue weighted by Crippen LogP contribution is -2.36. The van der Waals surface area contributed by atoms with Gasteiger partial charge in [-0.3, -0.25) is 14.4 Å². The van der Waals surface area contributed by atoms with Crippen LogP contribution in [-0.4, -0.2) is 49.0 Å². The summed E-state index contributed by atoms with van der Waals surface area (Å²) in [4.78, 5) is 37.8. The normalized spacial score (nSPS) is 10.9. The van der Waals surface area contributed by atoms with E-state index >= 15 is 0 Å². The number of ether oxygens (including phenoxy) is 2. The summed E-state index contributed by atoms with van der Waals surface area (Å²) in [5.74, 6) is -0.691. The van der Waals surface area contributed by atoms with Crippen LogP contribution in [0, 0.1) is 0 Å². The van der Waals surface area contributed by atoms with E-state index in [4.69, 9.17) is 9.47 Å². The Morgan fingerprint density at radius 2 is 0.805 bits per heavy atom. The van der Waals surface area contributed by atoms with Crippen molar-refractivity contribution in [3.63, 3.8) is 0 Å². The number of hydrogen-bond donors (Lipinski definition) is 0. The Labute approximate surface area is 253 Å². The molecule has 0 saturated heterocycles. The van der Waals surface area contributed by atoms with Gasteiger partial charge in [0.05, 0.1) is 13.1 Å². The molecule has 6 nitrogen and oxygen atoms in total. The fourth-order valence-corrected chi connectivity index (χ4v) is 5.01. The Morgan fingerprint density at radius 3 is 1.10 bits per heavy atom. The zero-order valence-corrected chi connectivity index (χ0v) is 27.1. The second kappa shape index (κ2) is 31.1. The fraction of sp³-hybridized carbons (Fsp3) is 0.857. The highest BCUT2D eigenvalue weighted by Crippen LogP contribution is 2.13. The van der Waals surface area contributed by atoms with Crippen molar-refractivity contribution in [2.45, 2.75) is 168 Å². The number of amides is 1. The third-order valence-corrected chi connectivity index (χ3v) is 7.70. The lowest BCUT2D eigenvalue weighted by molar-refractivity contribution is -0.146. The molecule has 0 heterocycles. The topological polar surface area (TPSA) is 72.9 Å². The molecule has 0 aliphatic heterocycles. The number of carbonyl (C=O) groups is 3. The molecule has 0 aliphatic carbocycles. The van der Waals surface area contributed by atoms with Crippen LogP contribution in [0.2, 0.25) is 0 Å². The molecule has 0 N–H and O–H groups in total. The van der Waals surface area contributed by atoms with E-state index in [0.717, 1.165) is 25.7 Å². The molecule has 0 unspecified atom stereocenters. The summed E-state index contributed by atoms with van der Waals surface area (Å²) in [7, 11) is 0. The maximum Gasteiger partial charge on any atom is 0.305 e. The fourth-order valence-electron chi connectivity index (χ4n) is 5.01. The maximum absolute atomic E-state index is 12.2. The highest BCUT2D eigenvalue weighted by molar-refractivity contribution is 5.87. The minimum absolute atomic E-state index is 0.142. The van der Waals surface area contributed by atoms with Crippen LogP contribution in [0.1, 0.15) is 168 Å². The van der Waals surface area contributed by atoms with Crippen LogP contribution in [0.25, 0.3) is 0 Å². The molecule has 240 valence electrons. The van der Waals surface area contributed by atoms with E-state index in [1.54, 1.807) is 0 Å². The first-order chi connectivity index (χ1) is 20.0. The van der Waals surface area contributed by atoms with Crippen LogP contribution < -0.4 is 0 Å². The standard InChI is InChI=1S/C35H65NO5/c1-4-7-9-11-13-15-17-19-21-23-25-27-34(38)40-31-29-36(33(37)6-3)30-32-41-35(39)28-26-24-22-20-18-16-14-12-10-8-5-2/h6H,3-5,7-32H2,1-2H3. The van der Waals surface area contributed by atoms with Crippen LogP contribution in [0.3, 0.4) is 0 Å². The molecule has 0 aromatic carbocycles. The summed E-state index contributed by atoms with van der Waals surface area (Å²) in [5.41, 5.74) is 0. The van der Waals surface area contributed by atoms with Gasteiger partial charge < -0.3 is 14.4 Å². The van der Waals surface area contributed by atoms with Gasteiger partial charge >= 0.3 is 11.9 Å². The lowest BCUT2D eigenvalue weighted by atomic mass is 10.1. The smallest absolute Gasteiger partial charge is 0.305 e. The van der Waals surface area contributed by atoms with Crippen molar-refractivity contribution >= 4 is 17.8 Å². The monoisotopic (exact) mass is 579 g/mol. The van der Waals surface area contributed by atoms with Crippen molar-refractivity contribution in [1.29, 1.82) is 0 Å². The van der Waals surface area contributed by atoms with Gasteiger partial charge in [0.2, 0.25) is 5.91 Å². The van der Waals surface area contributed by atoms with Crippen LogP contribution in [0.5, 0.6) is 0 Å². The van der Waals surface area contributed by atoms with Gasteiger partial charge in [0.25, 0.3) is 0 Å². The van der Waals surface area contributed by atoms with Gasteiger partial charge in [-0.1, -0.05) is 149 Å². The molecule has 0 aromatic heterocycles. The summed E-state index contributed by atoms with van der Waals surface area (Å²) in [6.45, 7) is 8.86. The number of carbonyl (C=O) groups excluding carboxylic acids is 3. The second-order valence-electron chi connectivity index (χ2n) is 11.5. The van der Waals surface area contributed by atoms with Gasteiger partial charge in [-0.05, 0) is 18.9 Å². The Bertz CT molecular complexity index is 592. The first-order valence-corrected chi connectivity index (χ1v) is 17.3. The molecule has 1 amide bonds. The van der Waals surface area contributed by atoms with Gasteiger partial charge in [0.15, 0.2) is 0 Å². The third kappa shape index (κ3) is 28.1. The van der Waals surface area contributed by atoms with Crippen molar-refractivity contribution in [3.8, 4) is 0 Å². The molecule has 0 aliphatic rings. The van der Waals surface area contributed by atoms with Crippen LogP contribution in [0.4, 0.5) is 0 Å². The largest absolute Gasteiger partial charge is 0.464 e. The first kappa shape index (κ1) is 39.1. The Morgan fingerprint density at radius 1 is 0.512 bits per heavy atom. The van der Waals surface area contributed by atoms with E-state index in [-0.39, 0.29) is 44.1 Å². The van der Waals surface area contributed by atoms with Crippen molar-refractivity contribution in [3.05, 3.63) is 12.7 Å². The average Bonchev–Trinajstić information content (AvgIpc) is 2.97. The van der Waals surface area contributed by atoms with Crippen molar-refractivity contribution in [2.75, 3.05) is 26.3 Å². The zero-order chi connectivity index (χ0) is 30.2. The van der Waals surface area contributed by atoms with Gasteiger partial charge in [-0.2, -0.15) is 0 Å². The number of hydrogen-bond acceptors (Lipinski definition) is 5. The lowest BCUT2D eigenvalue weighted by Gasteiger charge is -2.21. The molecule has 0 fully saturated rings. The van der Waals surface area contributed by atoms with E-state index in [0.29, 0.717) is 12.8 Å². The van der Waals surface area contributed by atoms with Gasteiger partial charge in [0.1, 0.15) is 13.2 Å². The van der Waals surface area contributed by atoms with E-state index in [1.807, 2.05) is 0 Å². The summed E-state index contributed by atoms with van der Waals surface area (Å²) in [5, 5.41) is 0. The molecule has 0 radical (unpaired) electrons. The predicted molar refractivity (Wildman–Crippen MR) is 171 cm³/mol. The Balaban J connectivity index is 3.77. The number of esters is 2. The summed E-state index contributed by atoms with van der Waals surface area (Å²) >= 11 is 0. The van der Waals surface area contributed by atoms with Gasteiger partial charge in [-0.15, -0.1) is 0 Å². The Hall–Kier alpha value is -1.85. The molecular weight excluding hydrogens is 514 g/mol. The molecular formula is C35H65NO5. The average molecular weight is 580 g/mol. The molecule has 0 rings (SSSR count). The highest BCUT2D eigenvalue weighted by atomic mass is 16.5. The molecule has 0 atom stereocenters. The first-order valence-electron chi connectivity index (χ1n) is 17.3. The molecule has 41 heavy (non-hydrogen) atoms. The molecule has 6 heteroatoms. The summed E-state index contributed by atoms with van der Waals surface area (Å²) in [6.07, 6.45) is 29.4. The summed E-state index contributed by atoms with van der Waals surface area (Å²) < 4.78 is 10.7. The van der Waals surface area contributed by atoms with Gasteiger partial charge in [-0.25, -0.2) is 0 Å². The van der Waals surface area contributed by atoms with Crippen LogP contribution in [0.15, 0.2) is 12.7 Å². The number of rotatable bonds is 31. The predicted octanol–water partition coefficient (Wildman–Crippen LogP) is 9.49. The highest BCUT2D eigenvalue weighted by Gasteiger charge is 2.13. The molecule has 0 bridgehead atoms. The van der Waals surface area contributed by atoms with Crippen molar-refractivity contribution < 1.29 is 23.9 Å². The minimum atomic E-state index is -0.257. The number of unbranched alkanes of at least 4 members (excludes halogenated alkanes) is 20. The maximum atomic E-state index is 12.2. The summed E-state index contributed by atoms with van der Waals surface area (Å²) in [6, 6.07) is 0. The van der Waals surface area contributed by atoms with Crippen molar-refractivity contribution in [2.24, 2.45) is 0 Å². The van der Waals surface area contributed by atoms with Crippen LogP contribution >= 0.6 is 0 Å². The second-order valence-corrected chi connectivity index (χ2v) is 11.5. The van der Waals surface area contributed by atoms with E-state index < -0.39 is 0 Å². The molecule has 0 saturated carbocycles. The third-order valence-electron chi connectivity index (χ3n) is 7.70. The minimum Gasteiger partial charge on any atom is -0.464 e. The van der Waals surface area contributed by atoms with Gasteiger partial charge in [0, 0.05) is 12.8 Å². The van der Waals surface area contributed by atoms with Crippen molar-refractivity contribution in [1.82, 2.24) is 4.90 Å². The molecule has 0 aromatic rings. The molecule has 0 spiro atoms. The zero-order valence-electron chi connectivity index (χ0n) is 27.1.